The Balaban J connectivity index is 2.21. The summed E-state index contributed by atoms with van der Waals surface area (Å²) in [6.45, 7) is 3.74. The van der Waals surface area contributed by atoms with Gasteiger partial charge in [0.05, 0.1) is 16.6 Å². The predicted octanol–water partition coefficient (Wildman–Crippen LogP) is 2.86. The number of carbonyl (C=O) groups is 1. The minimum atomic E-state index is -3.69. The van der Waals surface area contributed by atoms with Crippen LogP contribution in [-0.2, 0) is 14.8 Å². The van der Waals surface area contributed by atoms with Crippen LogP contribution in [0.1, 0.15) is 25.3 Å². The third-order valence-electron chi connectivity index (χ3n) is 3.74. The average Bonchev–Trinajstić information content (AvgIpc) is 2.58. The van der Waals surface area contributed by atoms with E-state index in [0.717, 1.165) is 12.0 Å². The van der Waals surface area contributed by atoms with E-state index in [4.69, 9.17) is 5.73 Å². The number of hydrogen-bond donors (Lipinski definition) is 3. The molecule has 2 rings (SSSR count). The maximum Gasteiger partial charge on any atom is 0.261 e. The molecular formula is C18H23N3O3S. The Kier molecular flexibility index (Phi) is 6.17. The van der Waals surface area contributed by atoms with Gasteiger partial charge in [-0.2, -0.15) is 0 Å². The van der Waals surface area contributed by atoms with Crippen LogP contribution in [0.25, 0.3) is 0 Å². The highest BCUT2D eigenvalue weighted by Crippen LogP contribution is 2.23. The molecule has 134 valence electrons. The lowest BCUT2D eigenvalue weighted by Gasteiger charge is -2.14. The normalized spacial score (nSPS) is 12.4. The van der Waals surface area contributed by atoms with Crippen molar-refractivity contribution in [2.45, 2.75) is 37.6 Å². The lowest BCUT2D eigenvalue weighted by atomic mass is 10.1. The molecule has 0 radical (unpaired) electrons. The van der Waals surface area contributed by atoms with E-state index in [2.05, 4.69) is 10.0 Å². The molecule has 2 aromatic rings. The van der Waals surface area contributed by atoms with Crippen molar-refractivity contribution in [2.24, 2.45) is 5.73 Å². The van der Waals surface area contributed by atoms with E-state index in [9.17, 15) is 13.2 Å². The lowest BCUT2D eigenvalue weighted by Crippen LogP contribution is -2.35. The SMILES string of the molecule is CCCC(N)C(=O)Nc1ccc(C)c(NS(=O)(=O)c2ccccc2)c1. The number of sulfonamides is 1. The highest BCUT2D eigenvalue weighted by molar-refractivity contribution is 7.92. The van der Waals surface area contributed by atoms with Crippen molar-refractivity contribution in [2.75, 3.05) is 10.0 Å². The fraction of sp³-hybridized carbons (Fsp3) is 0.278. The van der Waals surface area contributed by atoms with Crippen molar-refractivity contribution in [3.8, 4) is 0 Å². The van der Waals surface area contributed by atoms with Crippen LogP contribution in [0, 0.1) is 6.92 Å². The Morgan fingerprint density at radius 3 is 2.48 bits per heavy atom. The first kappa shape index (κ1) is 19.0. The standard InChI is InChI=1S/C18H23N3O3S/c1-3-7-16(19)18(22)20-14-11-10-13(2)17(12-14)21-25(23,24)15-8-5-4-6-9-15/h4-6,8-12,16,21H,3,7,19H2,1-2H3,(H,20,22). The minimum absolute atomic E-state index is 0.175. The molecule has 6 nitrogen and oxygen atoms in total. The van der Waals surface area contributed by atoms with Crippen molar-refractivity contribution in [1.29, 1.82) is 0 Å². The second-order valence-corrected chi connectivity index (χ2v) is 7.52. The van der Waals surface area contributed by atoms with Crippen LogP contribution in [0.15, 0.2) is 53.4 Å². The summed E-state index contributed by atoms with van der Waals surface area (Å²) in [7, 11) is -3.69. The maximum absolute atomic E-state index is 12.5. The molecule has 0 saturated heterocycles. The summed E-state index contributed by atoms with van der Waals surface area (Å²) < 4.78 is 27.5. The fourth-order valence-corrected chi connectivity index (χ4v) is 3.43. The van der Waals surface area contributed by atoms with Crippen molar-refractivity contribution < 1.29 is 13.2 Å². The molecule has 0 aliphatic carbocycles. The molecule has 2 aromatic carbocycles. The first-order valence-corrected chi connectivity index (χ1v) is 9.56. The molecule has 0 bridgehead atoms. The summed E-state index contributed by atoms with van der Waals surface area (Å²) in [5.41, 5.74) is 7.44. The van der Waals surface area contributed by atoms with E-state index in [0.29, 0.717) is 17.8 Å². The summed E-state index contributed by atoms with van der Waals surface area (Å²) in [5.74, 6) is -0.289. The number of amides is 1. The maximum atomic E-state index is 12.5. The molecule has 0 aliphatic rings. The van der Waals surface area contributed by atoms with Crippen molar-refractivity contribution in [3.63, 3.8) is 0 Å². The Bertz CT molecular complexity index is 836. The second kappa shape index (κ2) is 8.13. The van der Waals surface area contributed by atoms with Crippen LogP contribution >= 0.6 is 0 Å². The van der Waals surface area contributed by atoms with E-state index in [1.54, 1.807) is 43.3 Å². The van der Waals surface area contributed by atoms with Gasteiger partial charge in [0.25, 0.3) is 10.0 Å². The van der Waals surface area contributed by atoms with Crippen LogP contribution in [-0.4, -0.2) is 20.4 Å². The molecule has 0 aliphatic heterocycles. The van der Waals surface area contributed by atoms with E-state index in [-0.39, 0.29) is 10.8 Å². The minimum Gasteiger partial charge on any atom is -0.325 e. The predicted molar refractivity (Wildman–Crippen MR) is 99.9 cm³/mol. The summed E-state index contributed by atoms with van der Waals surface area (Å²) in [6.07, 6.45) is 1.40. The van der Waals surface area contributed by atoms with Gasteiger partial charge in [-0.3, -0.25) is 9.52 Å². The van der Waals surface area contributed by atoms with E-state index < -0.39 is 16.1 Å². The molecule has 4 N–H and O–H groups in total. The molecule has 0 heterocycles. The van der Waals surface area contributed by atoms with Crippen LogP contribution in [0.3, 0.4) is 0 Å². The van der Waals surface area contributed by atoms with Crippen LogP contribution in [0.4, 0.5) is 11.4 Å². The largest absolute Gasteiger partial charge is 0.325 e. The van der Waals surface area contributed by atoms with Gasteiger partial charge in [0, 0.05) is 5.69 Å². The van der Waals surface area contributed by atoms with Crippen molar-refractivity contribution >= 4 is 27.3 Å². The Labute approximate surface area is 148 Å². The van der Waals surface area contributed by atoms with Gasteiger partial charge >= 0.3 is 0 Å². The van der Waals surface area contributed by atoms with Gasteiger partial charge in [-0.1, -0.05) is 37.6 Å². The zero-order chi connectivity index (χ0) is 18.4. The smallest absolute Gasteiger partial charge is 0.261 e. The van der Waals surface area contributed by atoms with E-state index in [1.807, 2.05) is 6.92 Å². The molecule has 25 heavy (non-hydrogen) atoms. The molecule has 1 atom stereocenters. The Morgan fingerprint density at radius 1 is 1.16 bits per heavy atom. The second-order valence-electron chi connectivity index (χ2n) is 5.83. The number of nitrogens with one attached hydrogen (secondary N) is 2. The third-order valence-corrected chi connectivity index (χ3v) is 5.12. The molecule has 0 fully saturated rings. The van der Waals surface area contributed by atoms with Crippen LogP contribution in [0.2, 0.25) is 0 Å². The molecule has 0 saturated carbocycles. The average molecular weight is 361 g/mol. The van der Waals surface area contributed by atoms with Gasteiger partial charge in [0.15, 0.2) is 0 Å². The third kappa shape index (κ3) is 5.04. The highest BCUT2D eigenvalue weighted by atomic mass is 32.2. The lowest BCUT2D eigenvalue weighted by molar-refractivity contribution is -0.117. The van der Waals surface area contributed by atoms with Gasteiger partial charge < -0.3 is 11.1 Å². The number of rotatable bonds is 7. The Morgan fingerprint density at radius 2 is 1.84 bits per heavy atom. The van der Waals surface area contributed by atoms with E-state index >= 15 is 0 Å². The van der Waals surface area contributed by atoms with E-state index in [1.165, 1.54) is 12.1 Å². The highest BCUT2D eigenvalue weighted by Gasteiger charge is 2.16. The van der Waals surface area contributed by atoms with Crippen LogP contribution in [0.5, 0.6) is 0 Å². The number of hydrogen-bond acceptors (Lipinski definition) is 4. The van der Waals surface area contributed by atoms with Gasteiger partial charge in [0.1, 0.15) is 0 Å². The molecular weight excluding hydrogens is 338 g/mol. The topological polar surface area (TPSA) is 101 Å². The van der Waals surface area contributed by atoms with Gasteiger partial charge in [-0.05, 0) is 43.2 Å². The molecule has 0 aromatic heterocycles. The number of benzene rings is 2. The number of aryl methyl sites for hydroxylation is 1. The van der Waals surface area contributed by atoms with Gasteiger partial charge in [-0.15, -0.1) is 0 Å². The molecule has 7 heteroatoms. The first-order valence-electron chi connectivity index (χ1n) is 8.08. The zero-order valence-electron chi connectivity index (χ0n) is 14.3. The van der Waals surface area contributed by atoms with Crippen molar-refractivity contribution in [1.82, 2.24) is 0 Å². The summed E-state index contributed by atoms with van der Waals surface area (Å²) in [4.78, 5) is 12.2. The number of anilines is 2. The zero-order valence-corrected chi connectivity index (χ0v) is 15.1. The first-order chi connectivity index (χ1) is 11.8. The van der Waals surface area contributed by atoms with Crippen molar-refractivity contribution in [3.05, 3.63) is 54.1 Å². The monoisotopic (exact) mass is 361 g/mol. The van der Waals surface area contributed by atoms with Gasteiger partial charge in [0.2, 0.25) is 5.91 Å². The molecule has 0 spiro atoms. The fourth-order valence-electron chi connectivity index (χ4n) is 2.29. The summed E-state index contributed by atoms with van der Waals surface area (Å²) >= 11 is 0. The Hall–Kier alpha value is -2.38. The van der Waals surface area contributed by atoms with Crippen LogP contribution < -0.4 is 15.8 Å². The quantitative estimate of drug-likeness (QED) is 0.706. The summed E-state index contributed by atoms with van der Waals surface area (Å²) in [6, 6.07) is 12.6. The summed E-state index contributed by atoms with van der Waals surface area (Å²) in [5, 5.41) is 2.72. The number of nitrogens with two attached hydrogens (primary N) is 1. The molecule has 1 amide bonds. The molecule has 1 unspecified atom stereocenters. The number of carbonyl (C=O) groups excluding carboxylic acids is 1. The van der Waals surface area contributed by atoms with Gasteiger partial charge in [-0.25, -0.2) is 8.42 Å².